The molecule has 2 rings (SSSR count). The van der Waals surface area contributed by atoms with Crippen LogP contribution >= 0.6 is 0 Å². The van der Waals surface area contributed by atoms with E-state index in [9.17, 15) is 13.2 Å². The highest BCUT2D eigenvalue weighted by atomic mass is 32.2. The van der Waals surface area contributed by atoms with Crippen molar-refractivity contribution in [3.05, 3.63) is 29.8 Å². The molecule has 0 atom stereocenters. The number of benzene rings is 1. The molecule has 1 fully saturated rings. The summed E-state index contributed by atoms with van der Waals surface area (Å²) in [5.74, 6) is -0.424. The average Bonchev–Trinajstić information content (AvgIpc) is 2.40. The maximum atomic E-state index is 12.4. The van der Waals surface area contributed by atoms with Crippen molar-refractivity contribution in [2.75, 3.05) is 13.1 Å². The lowest BCUT2D eigenvalue weighted by Crippen LogP contribution is -2.35. The van der Waals surface area contributed by atoms with Crippen molar-refractivity contribution in [1.29, 1.82) is 0 Å². The summed E-state index contributed by atoms with van der Waals surface area (Å²) in [6, 6.07) is 6.37. The van der Waals surface area contributed by atoms with E-state index in [0.717, 1.165) is 24.8 Å². The van der Waals surface area contributed by atoms with Crippen LogP contribution in [0.1, 0.15) is 24.8 Å². The molecule has 0 bridgehead atoms. The van der Waals surface area contributed by atoms with Gasteiger partial charge in [-0.1, -0.05) is 18.6 Å². The fourth-order valence-electron chi connectivity index (χ4n) is 2.23. The highest BCUT2D eigenvalue weighted by Gasteiger charge is 2.25. The number of nitrogens with two attached hydrogens (primary N) is 1. The van der Waals surface area contributed by atoms with Crippen molar-refractivity contribution in [3.8, 4) is 0 Å². The minimum absolute atomic E-state index is 0.129. The number of rotatable bonds is 4. The Morgan fingerprint density at radius 1 is 1.11 bits per heavy atom. The average molecular weight is 282 g/mol. The van der Waals surface area contributed by atoms with Gasteiger partial charge in [0, 0.05) is 13.1 Å². The molecule has 0 saturated carbocycles. The van der Waals surface area contributed by atoms with E-state index in [2.05, 4.69) is 0 Å². The van der Waals surface area contributed by atoms with Gasteiger partial charge < -0.3 is 5.73 Å². The van der Waals surface area contributed by atoms with Crippen molar-refractivity contribution in [2.45, 2.75) is 30.6 Å². The Kier molecular flexibility index (Phi) is 4.21. The molecule has 104 valence electrons. The van der Waals surface area contributed by atoms with Crippen LogP contribution in [0.4, 0.5) is 0 Å². The van der Waals surface area contributed by atoms with E-state index in [-0.39, 0.29) is 11.3 Å². The Morgan fingerprint density at radius 2 is 1.68 bits per heavy atom. The largest absolute Gasteiger partial charge is 0.369 e. The van der Waals surface area contributed by atoms with Gasteiger partial charge in [0.2, 0.25) is 15.9 Å². The molecule has 0 aromatic heterocycles. The van der Waals surface area contributed by atoms with Crippen LogP contribution in [-0.2, 0) is 21.2 Å². The molecule has 6 heteroatoms. The van der Waals surface area contributed by atoms with Crippen molar-refractivity contribution in [3.63, 3.8) is 0 Å². The molecular weight excluding hydrogens is 264 g/mol. The van der Waals surface area contributed by atoms with E-state index >= 15 is 0 Å². The van der Waals surface area contributed by atoms with E-state index in [1.54, 1.807) is 24.3 Å². The summed E-state index contributed by atoms with van der Waals surface area (Å²) >= 11 is 0. The van der Waals surface area contributed by atoms with E-state index < -0.39 is 15.9 Å². The molecule has 5 nitrogen and oxygen atoms in total. The van der Waals surface area contributed by atoms with Gasteiger partial charge in [-0.15, -0.1) is 0 Å². The van der Waals surface area contributed by atoms with Crippen molar-refractivity contribution >= 4 is 15.9 Å². The number of primary amides is 1. The molecule has 1 amide bonds. The topological polar surface area (TPSA) is 80.5 Å². The molecule has 19 heavy (non-hydrogen) atoms. The summed E-state index contributed by atoms with van der Waals surface area (Å²) in [5, 5.41) is 0. The smallest absolute Gasteiger partial charge is 0.243 e. The van der Waals surface area contributed by atoms with Gasteiger partial charge in [-0.3, -0.25) is 4.79 Å². The number of carbonyl (C=O) groups excluding carboxylic acids is 1. The Hall–Kier alpha value is -1.40. The highest BCUT2D eigenvalue weighted by molar-refractivity contribution is 7.89. The van der Waals surface area contributed by atoms with Crippen LogP contribution in [0.15, 0.2) is 29.2 Å². The third kappa shape index (κ3) is 3.33. The number of piperidine rings is 1. The predicted octanol–water partition coefficient (Wildman–Crippen LogP) is 0.889. The normalized spacial score (nSPS) is 17.3. The lowest BCUT2D eigenvalue weighted by molar-refractivity contribution is -0.117. The quantitative estimate of drug-likeness (QED) is 0.890. The van der Waals surface area contributed by atoms with Gasteiger partial charge in [0.1, 0.15) is 0 Å². The molecule has 0 unspecified atom stereocenters. The summed E-state index contributed by atoms with van der Waals surface area (Å²) in [6.45, 7) is 1.18. The number of amides is 1. The third-order valence-electron chi connectivity index (χ3n) is 3.25. The number of sulfonamides is 1. The zero-order valence-electron chi connectivity index (χ0n) is 10.7. The molecule has 0 spiro atoms. The van der Waals surface area contributed by atoms with Crippen LogP contribution in [0.2, 0.25) is 0 Å². The first-order chi connectivity index (χ1) is 9.00. The molecule has 1 saturated heterocycles. The van der Waals surface area contributed by atoms with Crippen LogP contribution in [0, 0.1) is 0 Å². The van der Waals surface area contributed by atoms with Gasteiger partial charge in [-0.25, -0.2) is 8.42 Å². The monoisotopic (exact) mass is 282 g/mol. The molecule has 0 radical (unpaired) electrons. The summed E-state index contributed by atoms with van der Waals surface area (Å²) in [5.41, 5.74) is 5.83. The van der Waals surface area contributed by atoms with E-state index in [1.807, 2.05) is 0 Å². The van der Waals surface area contributed by atoms with Gasteiger partial charge >= 0.3 is 0 Å². The molecule has 1 aromatic rings. The van der Waals surface area contributed by atoms with Crippen molar-refractivity contribution in [2.24, 2.45) is 5.73 Å². The van der Waals surface area contributed by atoms with Gasteiger partial charge in [-0.2, -0.15) is 4.31 Å². The molecule has 1 aromatic carbocycles. The van der Waals surface area contributed by atoms with Crippen molar-refractivity contribution in [1.82, 2.24) is 4.31 Å². The Labute approximate surface area is 113 Å². The molecule has 2 N–H and O–H groups in total. The fourth-order valence-corrected chi connectivity index (χ4v) is 3.75. The van der Waals surface area contributed by atoms with Crippen LogP contribution < -0.4 is 5.73 Å². The van der Waals surface area contributed by atoms with Crippen LogP contribution in [-0.4, -0.2) is 31.7 Å². The lowest BCUT2D eigenvalue weighted by Gasteiger charge is -2.25. The lowest BCUT2D eigenvalue weighted by atomic mass is 10.1. The summed E-state index contributed by atoms with van der Waals surface area (Å²) in [7, 11) is -3.39. The van der Waals surface area contributed by atoms with E-state index in [1.165, 1.54) is 4.31 Å². The molecule has 1 heterocycles. The summed E-state index contributed by atoms with van der Waals surface area (Å²) < 4.78 is 26.2. The molecule has 1 aliphatic rings. The minimum atomic E-state index is -3.39. The molecule has 0 aliphatic carbocycles. The second-order valence-corrected chi connectivity index (χ2v) is 6.69. The van der Waals surface area contributed by atoms with Gasteiger partial charge in [0.15, 0.2) is 0 Å². The van der Waals surface area contributed by atoms with Gasteiger partial charge in [-0.05, 0) is 30.5 Å². The van der Waals surface area contributed by atoms with Crippen molar-refractivity contribution < 1.29 is 13.2 Å². The van der Waals surface area contributed by atoms with E-state index in [0.29, 0.717) is 13.1 Å². The highest BCUT2D eigenvalue weighted by Crippen LogP contribution is 2.20. The summed E-state index contributed by atoms with van der Waals surface area (Å²) in [4.78, 5) is 11.1. The zero-order chi connectivity index (χ0) is 13.9. The number of hydrogen-bond acceptors (Lipinski definition) is 3. The van der Waals surface area contributed by atoms with Crippen LogP contribution in [0.25, 0.3) is 0 Å². The van der Waals surface area contributed by atoms with Gasteiger partial charge in [0.25, 0.3) is 0 Å². The van der Waals surface area contributed by atoms with Gasteiger partial charge in [0.05, 0.1) is 11.3 Å². The predicted molar refractivity (Wildman–Crippen MR) is 72.0 cm³/mol. The Balaban J connectivity index is 2.18. The number of hydrogen-bond donors (Lipinski definition) is 1. The summed E-state index contributed by atoms with van der Waals surface area (Å²) in [6.07, 6.45) is 3.05. The maximum Gasteiger partial charge on any atom is 0.243 e. The zero-order valence-corrected chi connectivity index (χ0v) is 11.5. The standard InChI is InChI=1S/C13H18N2O3S/c14-13(16)10-11-4-6-12(7-5-11)19(17,18)15-8-2-1-3-9-15/h4-7H,1-3,8-10H2,(H2,14,16). The second kappa shape index (κ2) is 5.71. The first-order valence-corrected chi connectivity index (χ1v) is 7.81. The second-order valence-electron chi connectivity index (χ2n) is 4.75. The number of carbonyl (C=O) groups is 1. The number of nitrogens with zero attached hydrogens (tertiary/aromatic N) is 1. The first-order valence-electron chi connectivity index (χ1n) is 6.37. The molecule has 1 aliphatic heterocycles. The fraction of sp³-hybridized carbons (Fsp3) is 0.462. The van der Waals surface area contributed by atoms with Crippen LogP contribution in [0.5, 0.6) is 0 Å². The third-order valence-corrected chi connectivity index (χ3v) is 5.17. The first kappa shape index (κ1) is 14.0. The van der Waals surface area contributed by atoms with E-state index in [4.69, 9.17) is 5.73 Å². The molecular formula is C13H18N2O3S. The Bertz CT molecular complexity index is 546. The SMILES string of the molecule is NC(=O)Cc1ccc(S(=O)(=O)N2CCCCC2)cc1. The Morgan fingerprint density at radius 3 is 2.21 bits per heavy atom. The maximum absolute atomic E-state index is 12.4. The van der Waals surface area contributed by atoms with Crippen LogP contribution in [0.3, 0.4) is 0 Å². The minimum Gasteiger partial charge on any atom is -0.369 e.